The number of ether oxygens (including phenoxy) is 3. The van der Waals surface area contributed by atoms with E-state index < -0.39 is 12.5 Å². The molecule has 0 radical (unpaired) electrons. The topological polar surface area (TPSA) is 56.8 Å². The second-order valence-electron chi connectivity index (χ2n) is 4.95. The lowest BCUT2D eigenvalue weighted by Crippen LogP contribution is -2.08. The number of hydrogen-bond donors (Lipinski definition) is 1. The molecule has 0 aliphatic carbocycles. The highest BCUT2D eigenvalue weighted by molar-refractivity contribution is 9.10. The molecule has 0 saturated heterocycles. The minimum atomic E-state index is -2.95. The van der Waals surface area contributed by atoms with Crippen molar-refractivity contribution in [2.75, 3.05) is 12.1 Å². The Morgan fingerprint density at radius 3 is 2.80 bits per heavy atom. The van der Waals surface area contributed by atoms with Gasteiger partial charge in [-0.05, 0) is 36.4 Å². The molecule has 1 aliphatic heterocycles. The van der Waals surface area contributed by atoms with Crippen LogP contribution in [0.1, 0.15) is 5.56 Å². The van der Waals surface area contributed by atoms with E-state index in [1.807, 2.05) is 0 Å². The van der Waals surface area contributed by atoms with E-state index in [0.29, 0.717) is 27.2 Å². The van der Waals surface area contributed by atoms with Gasteiger partial charge < -0.3 is 19.5 Å². The van der Waals surface area contributed by atoms with Crippen LogP contribution in [-0.4, -0.2) is 19.3 Å². The fourth-order valence-corrected chi connectivity index (χ4v) is 2.56. The highest BCUT2D eigenvalue weighted by atomic mass is 79.9. The molecule has 1 N–H and O–H groups in total. The molecule has 3 rings (SSSR count). The number of benzene rings is 2. The molecule has 5 nitrogen and oxygen atoms in total. The molecule has 0 saturated carbocycles. The largest absolute Gasteiger partial charge is 0.454 e. The van der Waals surface area contributed by atoms with Crippen LogP contribution in [0.2, 0.25) is 0 Å². The Kier molecular flexibility index (Phi) is 5.18. The summed E-state index contributed by atoms with van der Waals surface area (Å²) in [6.45, 7) is -2.81. The number of halogens is 3. The number of amides is 1. The molecular formula is C17H12BrF2NO4. The Hall–Kier alpha value is -2.61. The van der Waals surface area contributed by atoms with Crippen molar-refractivity contribution in [3.63, 3.8) is 0 Å². The summed E-state index contributed by atoms with van der Waals surface area (Å²) in [6, 6.07) is 9.53. The van der Waals surface area contributed by atoms with Gasteiger partial charge >= 0.3 is 6.61 Å². The number of fused-ring (bicyclic) bond motifs is 1. The monoisotopic (exact) mass is 411 g/mol. The van der Waals surface area contributed by atoms with E-state index in [1.54, 1.807) is 30.3 Å². The van der Waals surface area contributed by atoms with Crippen LogP contribution in [0, 0.1) is 0 Å². The third-order valence-corrected chi connectivity index (χ3v) is 3.74. The summed E-state index contributed by atoms with van der Waals surface area (Å²) in [5.41, 5.74) is 0.868. The van der Waals surface area contributed by atoms with Gasteiger partial charge in [0.25, 0.3) is 0 Å². The van der Waals surface area contributed by atoms with Gasteiger partial charge in [0, 0.05) is 27.9 Å². The Labute approximate surface area is 150 Å². The molecule has 1 heterocycles. The van der Waals surface area contributed by atoms with E-state index in [9.17, 15) is 13.6 Å². The Bertz CT molecular complexity index is 826. The quantitative estimate of drug-likeness (QED) is 0.739. The van der Waals surface area contributed by atoms with Crippen LogP contribution >= 0.6 is 15.9 Å². The van der Waals surface area contributed by atoms with Gasteiger partial charge in [-0.2, -0.15) is 8.78 Å². The lowest BCUT2D eigenvalue weighted by Gasteiger charge is -2.08. The first-order chi connectivity index (χ1) is 12.0. The summed E-state index contributed by atoms with van der Waals surface area (Å²) < 4.78 is 40.4. The van der Waals surface area contributed by atoms with Crippen molar-refractivity contribution < 1.29 is 27.8 Å². The van der Waals surface area contributed by atoms with Gasteiger partial charge in [-0.15, -0.1) is 0 Å². The maximum atomic E-state index is 12.4. The molecule has 0 fully saturated rings. The zero-order chi connectivity index (χ0) is 17.8. The molecule has 1 aliphatic rings. The highest BCUT2D eigenvalue weighted by Gasteiger charge is 2.14. The van der Waals surface area contributed by atoms with Gasteiger partial charge in [-0.1, -0.05) is 15.9 Å². The van der Waals surface area contributed by atoms with Gasteiger partial charge in [0.1, 0.15) is 5.75 Å². The molecule has 0 atom stereocenters. The van der Waals surface area contributed by atoms with Crippen LogP contribution in [-0.2, 0) is 4.79 Å². The van der Waals surface area contributed by atoms with Crippen molar-refractivity contribution >= 4 is 33.6 Å². The molecule has 0 bridgehead atoms. The van der Waals surface area contributed by atoms with Crippen molar-refractivity contribution in [1.29, 1.82) is 0 Å². The number of alkyl halides is 2. The van der Waals surface area contributed by atoms with E-state index in [1.165, 1.54) is 18.2 Å². The maximum absolute atomic E-state index is 12.4. The molecule has 0 spiro atoms. The molecule has 2 aromatic rings. The van der Waals surface area contributed by atoms with Crippen molar-refractivity contribution in [1.82, 2.24) is 0 Å². The van der Waals surface area contributed by atoms with Crippen LogP contribution < -0.4 is 19.5 Å². The van der Waals surface area contributed by atoms with E-state index in [-0.39, 0.29) is 12.5 Å². The van der Waals surface area contributed by atoms with Gasteiger partial charge in [0.15, 0.2) is 11.5 Å². The second kappa shape index (κ2) is 7.52. The van der Waals surface area contributed by atoms with Gasteiger partial charge in [0.2, 0.25) is 12.7 Å². The zero-order valence-corrected chi connectivity index (χ0v) is 14.3. The normalized spacial score (nSPS) is 12.6. The van der Waals surface area contributed by atoms with E-state index in [4.69, 9.17) is 9.47 Å². The smallest absolute Gasteiger partial charge is 0.387 e. The minimum absolute atomic E-state index is 0.0228. The molecule has 0 unspecified atom stereocenters. The fraction of sp³-hybridized carbons (Fsp3) is 0.118. The van der Waals surface area contributed by atoms with Crippen LogP contribution in [0.5, 0.6) is 17.2 Å². The summed E-state index contributed by atoms with van der Waals surface area (Å²) in [4.78, 5) is 12.0. The number of carbonyl (C=O) groups is 1. The Balaban J connectivity index is 1.71. The van der Waals surface area contributed by atoms with Gasteiger partial charge in [-0.3, -0.25) is 4.79 Å². The lowest BCUT2D eigenvalue weighted by atomic mass is 10.2. The van der Waals surface area contributed by atoms with E-state index in [2.05, 4.69) is 26.0 Å². The van der Waals surface area contributed by atoms with Crippen LogP contribution in [0.15, 0.2) is 46.9 Å². The molecule has 2 aromatic carbocycles. The Morgan fingerprint density at radius 2 is 2.00 bits per heavy atom. The second-order valence-corrected chi connectivity index (χ2v) is 5.87. The minimum Gasteiger partial charge on any atom is -0.454 e. The molecule has 130 valence electrons. The number of anilines is 1. The van der Waals surface area contributed by atoms with Crippen LogP contribution in [0.3, 0.4) is 0 Å². The summed E-state index contributed by atoms with van der Waals surface area (Å²) >= 11 is 3.25. The number of nitrogens with one attached hydrogen (secondary N) is 1. The molecule has 0 aromatic heterocycles. The molecule has 8 heteroatoms. The maximum Gasteiger partial charge on any atom is 0.387 e. The first-order valence-corrected chi connectivity index (χ1v) is 7.93. The van der Waals surface area contributed by atoms with Gasteiger partial charge in [0.05, 0.1) is 0 Å². The van der Waals surface area contributed by atoms with Crippen LogP contribution in [0.25, 0.3) is 6.08 Å². The average Bonchev–Trinajstić information content (AvgIpc) is 3.02. The van der Waals surface area contributed by atoms with Crippen molar-refractivity contribution in [3.05, 3.63) is 52.5 Å². The standard InChI is InChI=1S/C17H12BrF2NO4/c18-11-2-4-13(25-17(19)20)10(7-11)1-6-16(22)21-12-3-5-14-15(8-12)24-9-23-14/h1-8,17H,9H2,(H,21,22)/b6-1+. The van der Waals surface area contributed by atoms with Gasteiger partial charge in [-0.25, -0.2) is 0 Å². The van der Waals surface area contributed by atoms with Crippen molar-refractivity contribution in [2.45, 2.75) is 6.61 Å². The summed E-state index contributed by atoms with van der Waals surface area (Å²) in [7, 11) is 0. The predicted molar refractivity (Wildman–Crippen MR) is 91.0 cm³/mol. The van der Waals surface area contributed by atoms with Crippen molar-refractivity contribution in [2.24, 2.45) is 0 Å². The van der Waals surface area contributed by atoms with E-state index in [0.717, 1.165) is 0 Å². The van der Waals surface area contributed by atoms with Crippen LogP contribution in [0.4, 0.5) is 14.5 Å². The summed E-state index contributed by atoms with van der Waals surface area (Å²) in [5, 5.41) is 2.65. The molecular weight excluding hydrogens is 400 g/mol. The third kappa shape index (κ3) is 4.48. The highest BCUT2D eigenvalue weighted by Crippen LogP contribution is 2.34. The SMILES string of the molecule is O=C(/C=C/c1cc(Br)ccc1OC(F)F)Nc1ccc2c(c1)OCO2. The fourth-order valence-electron chi connectivity index (χ4n) is 2.18. The number of carbonyl (C=O) groups excluding carboxylic acids is 1. The third-order valence-electron chi connectivity index (χ3n) is 3.24. The average molecular weight is 412 g/mol. The zero-order valence-electron chi connectivity index (χ0n) is 12.7. The molecule has 25 heavy (non-hydrogen) atoms. The summed E-state index contributed by atoms with van der Waals surface area (Å²) in [5.74, 6) is 0.699. The Morgan fingerprint density at radius 1 is 1.20 bits per heavy atom. The first kappa shape index (κ1) is 17.2. The lowest BCUT2D eigenvalue weighted by molar-refractivity contribution is -0.111. The molecule has 1 amide bonds. The number of hydrogen-bond acceptors (Lipinski definition) is 4. The van der Waals surface area contributed by atoms with E-state index >= 15 is 0 Å². The summed E-state index contributed by atoms with van der Waals surface area (Å²) in [6.07, 6.45) is 2.62. The first-order valence-electron chi connectivity index (χ1n) is 7.14. The predicted octanol–water partition coefficient (Wildman–Crippen LogP) is 4.43. The number of rotatable bonds is 5. The van der Waals surface area contributed by atoms with Crippen molar-refractivity contribution in [3.8, 4) is 17.2 Å².